The maximum Gasteiger partial charge on any atom is 0.420 e. The van der Waals surface area contributed by atoms with E-state index in [0.717, 1.165) is 29.7 Å². The number of amides is 1. The maximum atomic E-state index is 12.8. The Morgan fingerprint density at radius 1 is 1.16 bits per heavy atom. The molecule has 1 aliphatic heterocycles. The van der Waals surface area contributed by atoms with Gasteiger partial charge in [0, 0.05) is 24.8 Å². The van der Waals surface area contributed by atoms with E-state index in [1.54, 1.807) is 0 Å². The van der Waals surface area contributed by atoms with E-state index in [9.17, 15) is 18.0 Å². The molecule has 4 rings (SSSR count). The molecule has 0 saturated carbocycles. The van der Waals surface area contributed by atoms with Gasteiger partial charge in [0.05, 0.1) is 10.4 Å². The van der Waals surface area contributed by atoms with Gasteiger partial charge in [0.2, 0.25) is 15.9 Å². The monoisotopic (exact) mass is 457 g/mol. The fourth-order valence-corrected chi connectivity index (χ4v) is 5.63. The summed E-state index contributed by atoms with van der Waals surface area (Å²) in [7, 11) is -3.63. The Morgan fingerprint density at radius 2 is 1.88 bits per heavy atom. The summed E-state index contributed by atoms with van der Waals surface area (Å²) in [5.41, 5.74) is 3.21. The quantitative estimate of drug-likeness (QED) is 0.611. The Bertz CT molecular complexity index is 1330. The molecule has 1 saturated heterocycles. The number of aryl methyl sites for hydroxylation is 1. The van der Waals surface area contributed by atoms with Crippen LogP contribution in [0.1, 0.15) is 43.7 Å². The predicted molar refractivity (Wildman–Crippen MR) is 122 cm³/mol. The minimum atomic E-state index is -3.63. The van der Waals surface area contributed by atoms with Crippen LogP contribution in [-0.4, -0.2) is 36.3 Å². The number of oxazole rings is 1. The van der Waals surface area contributed by atoms with E-state index in [2.05, 4.69) is 5.32 Å². The van der Waals surface area contributed by atoms with Gasteiger partial charge in [-0.2, -0.15) is 4.31 Å². The Labute approximate surface area is 186 Å². The van der Waals surface area contributed by atoms with Gasteiger partial charge >= 0.3 is 5.76 Å². The van der Waals surface area contributed by atoms with Crippen molar-refractivity contribution in [1.29, 1.82) is 0 Å². The van der Waals surface area contributed by atoms with Crippen LogP contribution < -0.4 is 11.1 Å². The van der Waals surface area contributed by atoms with Crippen LogP contribution in [0.5, 0.6) is 0 Å². The molecule has 1 aromatic heterocycles. The van der Waals surface area contributed by atoms with Gasteiger partial charge in [0.25, 0.3) is 0 Å². The van der Waals surface area contributed by atoms with Crippen molar-refractivity contribution < 1.29 is 17.6 Å². The summed E-state index contributed by atoms with van der Waals surface area (Å²) in [6, 6.07) is 10.2. The molecular weight excluding hydrogens is 430 g/mol. The number of fused-ring (bicyclic) bond motifs is 1. The number of rotatable bonds is 6. The summed E-state index contributed by atoms with van der Waals surface area (Å²) >= 11 is 0. The Morgan fingerprint density at radius 3 is 2.56 bits per heavy atom. The minimum Gasteiger partial charge on any atom is -0.408 e. The lowest BCUT2D eigenvalue weighted by Gasteiger charge is -2.16. The fourth-order valence-electron chi connectivity index (χ4n) is 4.10. The summed E-state index contributed by atoms with van der Waals surface area (Å²) in [5, 5.41) is 2.92. The van der Waals surface area contributed by atoms with Gasteiger partial charge < -0.3 is 9.73 Å². The number of carbonyl (C=O) groups is 1. The van der Waals surface area contributed by atoms with Gasteiger partial charge in [-0.15, -0.1) is 0 Å². The van der Waals surface area contributed by atoms with Crippen LogP contribution in [0.25, 0.3) is 11.1 Å². The van der Waals surface area contributed by atoms with Crippen molar-refractivity contribution >= 4 is 32.7 Å². The molecule has 9 heteroatoms. The van der Waals surface area contributed by atoms with E-state index in [0.29, 0.717) is 18.6 Å². The third-order valence-electron chi connectivity index (χ3n) is 5.84. The fraction of sp³-hybridized carbons (Fsp3) is 0.391. The van der Waals surface area contributed by atoms with Gasteiger partial charge in [-0.25, -0.2) is 13.2 Å². The largest absolute Gasteiger partial charge is 0.420 e. The zero-order chi connectivity index (χ0) is 23.0. The molecule has 8 nitrogen and oxygen atoms in total. The maximum absolute atomic E-state index is 12.8. The number of hydrogen-bond acceptors (Lipinski definition) is 5. The first-order valence-electron chi connectivity index (χ1n) is 10.7. The third kappa shape index (κ3) is 4.10. The van der Waals surface area contributed by atoms with Crippen LogP contribution in [-0.2, 0) is 21.4 Å². The first-order valence-corrected chi connectivity index (χ1v) is 12.2. The van der Waals surface area contributed by atoms with Crippen LogP contribution in [0.3, 0.4) is 0 Å². The number of aromatic nitrogens is 1. The number of nitrogens with zero attached hydrogens (tertiary/aromatic N) is 2. The summed E-state index contributed by atoms with van der Waals surface area (Å²) in [6.07, 6.45) is 1.67. The molecule has 0 atom stereocenters. The lowest BCUT2D eigenvalue weighted by molar-refractivity contribution is -0.116. The number of anilines is 1. The highest BCUT2D eigenvalue weighted by molar-refractivity contribution is 7.89. The van der Waals surface area contributed by atoms with E-state index in [4.69, 9.17) is 4.42 Å². The predicted octanol–water partition coefficient (Wildman–Crippen LogP) is 3.45. The molecule has 2 aromatic carbocycles. The number of para-hydroxylation sites is 1. The van der Waals surface area contributed by atoms with E-state index >= 15 is 0 Å². The first-order chi connectivity index (χ1) is 15.2. The zero-order valence-electron chi connectivity index (χ0n) is 18.4. The summed E-state index contributed by atoms with van der Waals surface area (Å²) in [6.45, 7) is 6.75. The molecule has 1 aliphatic rings. The van der Waals surface area contributed by atoms with Crippen molar-refractivity contribution in [2.45, 2.75) is 51.0 Å². The minimum absolute atomic E-state index is 0.0822. The molecule has 2 heterocycles. The lowest BCUT2D eigenvalue weighted by atomic mass is 9.98. The van der Waals surface area contributed by atoms with Crippen molar-refractivity contribution in [1.82, 2.24) is 8.87 Å². The molecule has 32 heavy (non-hydrogen) atoms. The normalized spacial score (nSPS) is 15.0. The van der Waals surface area contributed by atoms with Crippen molar-refractivity contribution in [3.05, 3.63) is 58.1 Å². The van der Waals surface area contributed by atoms with Crippen LogP contribution in [0, 0.1) is 6.92 Å². The molecule has 170 valence electrons. The molecule has 0 aliphatic carbocycles. The lowest BCUT2D eigenvalue weighted by Crippen LogP contribution is -2.27. The smallest absolute Gasteiger partial charge is 0.408 e. The summed E-state index contributed by atoms with van der Waals surface area (Å²) in [5.74, 6) is -0.849. The second kappa shape index (κ2) is 8.55. The Balaban J connectivity index is 1.61. The highest BCUT2D eigenvalue weighted by Gasteiger charge is 2.28. The third-order valence-corrected chi connectivity index (χ3v) is 7.73. The standard InChI is InChI=1S/C23H27N3O5S/c1-15(2)18-8-6-7-16(3)22(18)24-21(27)14-26-19-10-9-17(13-20(19)31-23(26)28)32(29,30)25-11-4-5-12-25/h6-10,13,15H,4-5,11-12,14H2,1-3H3,(H,24,27). The van der Waals surface area contributed by atoms with Crippen LogP contribution in [0.4, 0.5) is 5.69 Å². The van der Waals surface area contributed by atoms with E-state index in [1.807, 2.05) is 39.0 Å². The van der Waals surface area contributed by atoms with E-state index in [-0.39, 0.29) is 28.8 Å². The van der Waals surface area contributed by atoms with Gasteiger partial charge in [0.1, 0.15) is 6.54 Å². The molecule has 0 radical (unpaired) electrons. The zero-order valence-corrected chi connectivity index (χ0v) is 19.2. The molecule has 1 N–H and O–H groups in total. The van der Waals surface area contributed by atoms with E-state index < -0.39 is 15.8 Å². The van der Waals surface area contributed by atoms with E-state index in [1.165, 1.54) is 27.1 Å². The van der Waals surface area contributed by atoms with Crippen molar-refractivity contribution in [3.8, 4) is 0 Å². The highest BCUT2D eigenvalue weighted by atomic mass is 32.2. The van der Waals surface area contributed by atoms with Gasteiger partial charge in [-0.05, 0) is 48.9 Å². The van der Waals surface area contributed by atoms with Crippen molar-refractivity contribution in [3.63, 3.8) is 0 Å². The number of hydrogen-bond donors (Lipinski definition) is 1. The molecule has 0 spiro atoms. The number of benzene rings is 2. The molecule has 1 amide bonds. The second-order valence-corrected chi connectivity index (χ2v) is 10.4. The SMILES string of the molecule is Cc1cccc(C(C)C)c1NC(=O)Cn1c(=O)oc2cc(S(=O)(=O)N3CCCC3)ccc21. The summed E-state index contributed by atoms with van der Waals surface area (Å²) in [4.78, 5) is 25.3. The molecule has 1 fully saturated rings. The topological polar surface area (TPSA) is 102 Å². The van der Waals surface area contributed by atoms with Crippen molar-refractivity contribution in [2.75, 3.05) is 18.4 Å². The van der Waals surface area contributed by atoms with Crippen LogP contribution >= 0.6 is 0 Å². The second-order valence-electron chi connectivity index (χ2n) is 8.44. The molecule has 0 bridgehead atoms. The van der Waals surface area contributed by atoms with Gasteiger partial charge in [-0.3, -0.25) is 9.36 Å². The van der Waals surface area contributed by atoms with Gasteiger partial charge in [-0.1, -0.05) is 32.0 Å². The van der Waals surface area contributed by atoms with Gasteiger partial charge in [0.15, 0.2) is 5.58 Å². The highest BCUT2D eigenvalue weighted by Crippen LogP contribution is 2.28. The van der Waals surface area contributed by atoms with Crippen LogP contribution in [0.2, 0.25) is 0 Å². The molecular formula is C23H27N3O5S. The molecule has 0 unspecified atom stereocenters. The average molecular weight is 458 g/mol. The molecule has 3 aromatic rings. The first kappa shape index (κ1) is 22.3. The van der Waals surface area contributed by atoms with Crippen LogP contribution in [0.15, 0.2) is 50.5 Å². The number of nitrogens with one attached hydrogen (secondary N) is 1. The van der Waals surface area contributed by atoms with Crippen molar-refractivity contribution in [2.24, 2.45) is 0 Å². The number of sulfonamides is 1. The Hall–Kier alpha value is -2.91. The average Bonchev–Trinajstić information content (AvgIpc) is 3.38. The summed E-state index contributed by atoms with van der Waals surface area (Å²) < 4.78 is 33.5. The Kier molecular flexibility index (Phi) is 5.96. The number of carbonyl (C=O) groups excluding carboxylic acids is 1.